The normalized spacial score (nSPS) is 11.2. The first-order valence-corrected chi connectivity index (χ1v) is 7.85. The highest BCUT2D eigenvalue weighted by Gasteiger charge is 2.18. The minimum Gasteiger partial charge on any atom is -0.361 e. The Balaban J connectivity index is 1.85. The lowest BCUT2D eigenvalue weighted by Crippen LogP contribution is -1.92. The predicted octanol–water partition coefficient (Wildman–Crippen LogP) is 5.08. The first-order valence-electron chi connectivity index (χ1n) is 7.85. The summed E-state index contributed by atoms with van der Waals surface area (Å²) in [7, 11) is 0. The van der Waals surface area contributed by atoms with E-state index in [9.17, 15) is 10.1 Å². The van der Waals surface area contributed by atoms with Gasteiger partial charge in [-0.2, -0.15) is 0 Å². The van der Waals surface area contributed by atoms with Crippen LogP contribution in [0.3, 0.4) is 0 Å². The van der Waals surface area contributed by atoms with Crippen LogP contribution in [0.15, 0.2) is 60.8 Å². The summed E-state index contributed by atoms with van der Waals surface area (Å²) in [4.78, 5) is 13.8. The van der Waals surface area contributed by atoms with E-state index >= 15 is 0 Å². The van der Waals surface area contributed by atoms with Crippen LogP contribution < -0.4 is 0 Å². The Labute approximate surface area is 139 Å². The summed E-state index contributed by atoms with van der Waals surface area (Å²) >= 11 is 0. The molecule has 0 unspecified atom stereocenters. The average molecular weight is 316 g/mol. The Morgan fingerprint density at radius 3 is 2.58 bits per heavy atom. The van der Waals surface area contributed by atoms with Crippen molar-refractivity contribution in [3.8, 4) is 11.3 Å². The Morgan fingerprint density at radius 2 is 1.83 bits per heavy atom. The third-order valence-corrected chi connectivity index (χ3v) is 4.48. The number of hydrogen-bond acceptors (Lipinski definition) is 2. The number of pyridine rings is 1. The Bertz CT molecular complexity index is 1020. The monoisotopic (exact) mass is 316 g/mol. The second kappa shape index (κ2) is 5.49. The molecule has 4 rings (SSSR count). The summed E-state index contributed by atoms with van der Waals surface area (Å²) < 4.78 is 0. The van der Waals surface area contributed by atoms with Crippen LogP contribution in [0.4, 0.5) is 5.69 Å². The van der Waals surface area contributed by atoms with Gasteiger partial charge in [-0.15, -0.1) is 0 Å². The SMILES string of the molecule is Cc1ccc2c3[nH]cccc-3c(Cc3ccc([N+](=O)[O-])cc3)c2c1. The van der Waals surface area contributed by atoms with Crippen molar-refractivity contribution < 1.29 is 4.92 Å². The van der Waals surface area contributed by atoms with Crippen molar-refractivity contribution in [2.75, 3.05) is 0 Å². The fourth-order valence-electron chi connectivity index (χ4n) is 3.31. The molecule has 2 aliphatic rings. The molecule has 118 valence electrons. The first-order chi connectivity index (χ1) is 11.6. The maximum absolute atomic E-state index is 10.8. The van der Waals surface area contributed by atoms with E-state index in [1.54, 1.807) is 12.1 Å². The van der Waals surface area contributed by atoms with Gasteiger partial charge >= 0.3 is 0 Å². The summed E-state index contributed by atoms with van der Waals surface area (Å²) in [6.07, 6.45) is 2.69. The second-order valence-electron chi connectivity index (χ2n) is 6.09. The second-order valence-corrected chi connectivity index (χ2v) is 6.09. The van der Waals surface area contributed by atoms with E-state index in [1.165, 1.54) is 27.5 Å². The van der Waals surface area contributed by atoms with Crippen molar-refractivity contribution >= 4 is 16.5 Å². The van der Waals surface area contributed by atoms with Crippen molar-refractivity contribution in [3.05, 3.63) is 87.6 Å². The highest BCUT2D eigenvalue weighted by molar-refractivity contribution is 6.04. The molecular weight excluding hydrogens is 300 g/mol. The largest absolute Gasteiger partial charge is 0.361 e. The average Bonchev–Trinajstić information content (AvgIpc) is 2.89. The maximum Gasteiger partial charge on any atom is 0.269 e. The number of aromatic amines is 1. The van der Waals surface area contributed by atoms with Crippen LogP contribution >= 0.6 is 0 Å². The predicted molar refractivity (Wildman–Crippen MR) is 95.6 cm³/mol. The van der Waals surface area contributed by atoms with Crippen molar-refractivity contribution in [3.63, 3.8) is 0 Å². The van der Waals surface area contributed by atoms with E-state index in [1.807, 2.05) is 24.4 Å². The molecule has 0 aromatic heterocycles. The molecule has 0 spiro atoms. The maximum atomic E-state index is 10.8. The third kappa shape index (κ3) is 2.33. The number of nitro benzene ring substituents is 1. The zero-order valence-electron chi connectivity index (χ0n) is 13.2. The van der Waals surface area contributed by atoms with Crippen molar-refractivity contribution in [2.24, 2.45) is 0 Å². The molecule has 2 aromatic carbocycles. The highest BCUT2D eigenvalue weighted by Crippen LogP contribution is 2.39. The number of hydrogen-bond donors (Lipinski definition) is 1. The lowest BCUT2D eigenvalue weighted by molar-refractivity contribution is -0.384. The van der Waals surface area contributed by atoms with Gasteiger partial charge in [0.15, 0.2) is 0 Å². The van der Waals surface area contributed by atoms with E-state index in [4.69, 9.17) is 0 Å². The molecule has 1 heterocycles. The first kappa shape index (κ1) is 14.5. The van der Waals surface area contributed by atoms with Gasteiger partial charge < -0.3 is 4.98 Å². The summed E-state index contributed by atoms with van der Waals surface area (Å²) in [5.41, 5.74) is 6.03. The molecule has 0 radical (unpaired) electrons. The third-order valence-electron chi connectivity index (χ3n) is 4.48. The Kier molecular flexibility index (Phi) is 3.31. The van der Waals surface area contributed by atoms with Crippen LogP contribution in [-0.2, 0) is 6.42 Å². The molecule has 1 aliphatic heterocycles. The smallest absolute Gasteiger partial charge is 0.269 e. The lowest BCUT2D eigenvalue weighted by atomic mass is 10.0. The van der Waals surface area contributed by atoms with Gasteiger partial charge in [0, 0.05) is 29.3 Å². The van der Waals surface area contributed by atoms with E-state index in [-0.39, 0.29) is 10.6 Å². The number of non-ortho nitro benzene ring substituents is 1. The van der Waals surface area contributed by atoms with E-state index in [0.717, 1.165) is 17.7 Å². The number of H-pyrrole nitrogens is 1. The van der Waals surface area contributed by atoms with E-state index in [2.05, 4.69) is 36.2 Å². The molecule has 4 nitrogen and oxygen atoms in total. The molecule has 0 saturated carbocycles. The topological polar surface area (TPSA) is 58.9 Å². The molecule has 24 heavy (non-hydrogen) atoms. The number of nitrogens with one attached hydrogen (secondary N) is 1. The standard InChI is InChI=1S/C20H16N2O2/c1-13-4-9-17-18(11-13)19(16-3-2-10-21-20(16)17)12-14-5-7-15(8-6-14)22(23)24/h2-11,21H,12H2,1H3. The van der Waals surface area contributed by atoms with Crippen LogP contribution in [0.2, 0.25) is 0 Å². The molecular formula is C20H16N2O2. The Morgan fingerprint density at radius 1 is 1.04 bits per heavy atom. The molecule has 0 bridgehead atoms. The van der Waals surface area contributed by atoms with Crippen molar-refractivity contribution in [1.29, 1.82) is 0 Å². The fraction of sp³-hybridized carbons (Fsp3) is 0.100. The quantitative estimate of drug-likeness (QED) is 0.423. The number of aromatic nitrogens is 1. The zero-order valence-corrected chi connectivity index (χ0v) is 13.2. The van der Waals surface area contributed by atoms with Crippen LogP contribution in [0.5, 0.6) is 0 Å². The molecule has 4 heteroatoms. The molecule has 0 saturated heterocycles. The number of nitrogens with zero attached hydrogens (tertiary/aromatic N) is 1. The lowest BCUT2D eigenvalue weighted by Gasteiger charge is -2.05. The van der Waals surface area contributed by atoms with Gasteiger partial charge in [-0.3, -0.25) is 10.1 Å². The minimum atomic E-state index is -0.366. The summed E-state index contributed by atoms with van der Waals surface area (Å²) in [6.45, 7) is 2.09. The van der Waals surface area contributed by atoms with Crippen LogP contribution in [0.25, 0.3) is 22.0 Å². The summed E-state index contributed by atoms with van der Waals surface area (Å²) in [5, 5.41) is 13.3. The van der Waals surface area contributed by atoms with Crippen molar-refractivity contribution in [2.45, 2.75) is 13.3 Å². The van der Waals surface area contributed by atoms with E-state index in [0.29, 0.717) is 0 Å². The highest BCUT2D eigenvalue weighted by atomic mass is 16.6. The number of fused-ring (bicyclic) bond motifs is 3. The van der Waals surface area contributed by atoms with Gasteiger partial charge in [0.25, 0.3) is 5.69 Å². The Hall–Kier alpha value is -3.14. The number of benzene rings is 2. The summed E-state index contributed by atoms with van der Waals surface area (Å²) in [6, 6.07) is 17.4. The van der Waals surface area contributed by atoms with Gasteiger partial charge in [0.05, 0.1) is 10.6 Å². The molecule has 1 aliphatic carbocycles. The van der Waals surface area contributed by atoms with Gasteiger partial charge in [-0.1, -0.05) is 42.0 Å². The molecule has 1 N–H and O–H groups in total. The van der Waals surface area contributed by atoms with Gasteiger partial charge in [-0.05, 0) is 35.9 Å². The molecule has 0 atom stereocenters. The number of nitro groups is 1. The molecule has 0 fully saturated rings. The van der Waals surface area contributed by atoms with Gasteiger partial charge in [0.1, 0.15) is 0 Å². The van der Waals surface area contributed by atoms with Crippen molar-refractivity contribution in [1.82, 2.24) is 4.98 Å². The molecule has 2 aromatic rings. The van der Waals surface area contributed by atoms with Gasteiger partial charge in [-0.25, -0.2) is 0 Å². The molecule has 0 amide bonds. The van der Waals surface area contributed by atoms with Gasteiger partial charge in [0.2, 0.25) is 0 Å². The fourth-order valence-corrected chi connectivity index (χ4v) is 3.31. The minimum absolute atomic E-state index is 0.125. The zero-order chi connectivity index (χ0) is 16.7. The number of aryl methyl sites for hydroxylation is 1. The van der Waals surface area contributed by atoms with Crippen LogP contribution in [0, 0.1) is 17.0 Å². The number of rotatable bonds is 3. The van der Waals surface area contributed by atoms with Crippen LogP contribution in [0.1, 0.15) is 16.7 Å². The van der Waals surface area contributed by atoms with E-state index < -0.39 is 0 Å². The summed E-state index contributed by atoms with van der Waals surface area (Å²) in [5.74, 6) is 0. The van der Waals surface area contributed by atoms with Crippen LogP contribution in [-0.4, -0.2) is 9.91 Å².